The molecule has 0 spiro atoms. The molecule has 5 N–H and O–H groups in total. The van der Waals surface area contributed by atoms with Crippen LogP contribution in [0.25, 0.3) is 0 Å². The Kier molecular flexibility index (Phi) is 9.19. The van der Waals surface area contributed by atoms with Crippen LogP contribution in [0.1, 0.15) is 48.1 Å². The second-order valence-corrected chi connectivity index (χ2v) is 12.0. The maximum absolute atomic E-state index is 11.3. The van der Waals surface area contributed by atoms with E-state index in [4.69, 9.17) is 0 Å². The predicted octanol–water partition coefficient (Wildman–Crippen LogP) is 3.22. The molecule has 0 aromatic heterocycles. The first kappa shape index (κ1) is 25.9. The Labute approximate surface area is 182 Å². The smallest absolute Gasteiger partial charge is 0.340 e. The van der Waals surface area contributed by atoms with Gasteiger partial charge in [-0.1, -0.05) is 48.5 Å². The third-order valence-electron chi connectivity index (χ3n) is 5.12. The van der Waals surface area contributed by atoms with Crippen molar-refractivity contribution in [1.29, 1.82) is 0 Å². The molecule has 0 aliphatic heterocycles. The van der Waals surface area contributed by atoms with Gasteiger partial charge in [-0.3, -0.25) is 9.13 Å². The summed E-state index contributed by atoms with van der Waals surface area (Å²) in [6, 6.07) is 16.0. The molecular formula is C21H31NO7P2. The van der Waals surface area contributed by atoms with Crippen molar-refractivity contribution in [1.82, 2.24) is 4.90 Å². The Morgan fingerprint density at radius 1 is 0.839 bits per heavy atom. The number of rotatable bonds is 11. The lowest BCUT2D eigenvalue weighted by Gasteiger charge is -2.21. The van der Waals surface area contributed by atoms with E-state index < -0.39 is 26.7 Å². The van der Waals surface area contributed by atoms with Crippen LogP contribution in [-0.2, 0) is 22.1 Å². The number of aliphatic hydroxyl groups excluding tert-OH is 1. The number of hydrogen-bond acceptors (Lipinski definition) is 4. The van der Waals surface area contributed by atoms with Gasteiger partial charge in [-0.15, -0.1) is 0 Å². The molecule has 8 nitrogen and oxygen atoms in total. The van der Waals surface area contributed by atoms with Gasteiger partial charge in [-0.05, 0) is 62.0 Å². The minimum atomic E-state index is -4.86. The Balaban J connectivity index is 1.85. The van der Waals surface area contributed by atoms with Gasteiger partial charge < -0.3 is 29.6 Å². The number of nitrogens with zero attached hydrogens (tertiary/aromatic N) is 1. The van der Waals surface area contributed by atoms with Crippen LogP contribution in [-0.4, -0.2) is 48.6 Å². The van der Waals surface area contributed by atoms with Gasteiger partial charge in [0.1, 0.15) is 0 Å². The van der Waals surface area contributed by atoms with Gasteiger partial charge in [0.15, 0.2) is 5.40 Å². The summed E-state index contributed by atoms with van der Waals surface area (Å²) in [6.07, 6.45) is 0.316. The first-order valence-electron chi connectivity index (χ1n) is 10.00. The van der Waals surface area contributed by atoms with Crippen molar-refractivity contribution < 1.29 is 33.8 Å². The molecule has 2 rings (SSSR count). The molecule has 0 heterocycles. The first-order chi connectivity index (χ1) is 14.4. The first-order valence-corrected chi connectivity index (χ1v) is 13.4. The van der Waals surface area contributed by atoms with E-state index in [2.05, 4.69) is 0 Å². The van der Waals surface area contributed by atoms with Crippen molar-refractivity contribution in [2.75, 3.05) is 13.6 Å². The minimum absolute atomic E-state index is 0.244. The summed E-state index contributed by atoms with van der Waals surface area (Å²) in [5, 5.41) is 7.64. The molecule has 2 aromatic rings. The third-order valence-corrected chi connectivity index (χ3v) is 9.00. The Hall–Kier alpha value is -1.34. The minimum Gasteiger partial charge on any atom is -0.389 e. The summed E-state index contributed by atoms with van der Waals surface area (Å²) in [4.78, 5) is 38.7. The highest BCUT2D eigenvalue weighted by Crippen LogP contribution is 2.61. The molecule has 31 heavy (non-hydrogen) atoms. The molecule has 10 heteroatoms. The topological polar surface area (TPSA) is 139 Å². The fourth-order valence-electron chi connectivity index (χ4n) is 3.38. The molecule has 0 bridgehead atoms. The van der Waals surface area contributed by atoms with Gasteiger partial charge in [0, 0.05) is 6.54 Å². The van der Waals surface area contributed by atoms with E-state index in [1.165, 1.54) is 0 Å². The van der Waals surface area contributed by atoms with E-state index in [-0.39, 0.29) is 12.8 Å². The van der Waals surface area contributed by atoms with Crippen LogP contribution in [0.4, 0.5) is 0 Å². The largest absolute Gasteiger partial charge is 0.389 e. The summed E-state index contributed by atoms with van der Waals surface area (Å²) >= 11 is 0. The van der Waals surface area contributed by atoms with Crippen molar-refractivity contribution in [3.05, 3.63) is 70.8 Å². The molecular weight excluding hydrogens is 440 g/mol. The summed E-state index contributed by atoms with van der Waals surface area (Å²) in [7, 11) is -7.87. The van der Waals surface area contributed by atoms with Crippen LogP contribution in [0.2, 0.25) is 0 Å². The predicted molar refractivity (Wildman–Crippen MR) is 120 cm³/mol. The van der Waals surface area contributed by atoms with Crippen LogP contribution >= 0.6 is 15.2 Å². The zero-order valence-corrected chi connectivity index (χ0v) is 19.5. The Bertz CT molecular complexity index is 898. The van der Waals surface area contributed by atoms with Crippen molar-refractivity contribution in [2.45, 2.75) is 44.2 Å². The third kappa shape index (κ3) is 8.60. The molecule has 0 saturated carbocycles. The summed E-state index contributed by atoms with van der Waals surface area (Å²) in [6.45, 7) is 2.80. The Morgan fingerprint density at radius 3 is 1.74 bits per heavy atom. The monoisotopic (exact) mass is 471 g/mol. The lowest BCUT2D eigenvalue weighted by Crippen LogP contribution is -2.20. The fourth-order valence-corrected chi connectivity index (χ4v) is 5.98. The van der Waals surface area contributed by atoms with Crippen molar-refractivity contribution in [3.8, 4) is 0 Å². The van der Waals surface area contributed by atoms with Crippen LogP contribution < -0.4 is 0 Å². The molecule has 0 aliphatic carbocycles. The van der Waals surface area contributed by atoms with Gasteiger partial charge in [0.2, 0.25) is 0 Å². The second-order valence-electron chi connectivity index (χ2n) is 7.95. The average Bonchev–Trinajstić information content (AvgIpc) is 2.65. The van der Waals surface area contributed by atoms with Crippen LogP contribution in [0.5, 0.6) is 0 Å². The molecule has 0 aliphatic rings. The lowest BCUT2D eigenvalue weighted by molar-refractivity contribution is 0.199. The quantitative estimate of drug-likeness (QED) is 0.315. The van der Waals surface area contributed by atoms with E-state index in [0.29, 0.717) is 13.1 Å². The molecule has 1 unspecified atom stereocenters. The summed E-state index contributed by atoms with van der Waals surface area (Å²) in [5.74, 6) is 0. The molecule has 172 valence electrons. The molecule has 0 amide bonds. The van der Waals surface area contributed by atoms with E-state index in [1.807, 2.05) is 60.5 Å². The normalized spacial score (nSPS) is 13.7. The van der Waals surface area contributed by atoms with Gasteiger partial charge in [-0.2, -0.15) is 0 Å². The maximum atomic E-state index is 11.3. The molecule has 1 atom stereocenters. The van der Waals surface area contributed by atoms with E-state index >= 15 is 0 Å². The van der Waals surface area contributed by atoms with Crippen molar-refractivity contribution in [3.63, 3.8) is 0 Å². The van der Waals surface area contributed by atoms with Crippen molar-refractivity contribution in [2.24, 2.45) is 0 Å². The summed E-state index contributed by atoms with van der Waals surface area (Å²) < 4.78 is 22.7. The van der Waals surface area contributed by atoms with Gasteiger partial charge in [0.05, 0.1) is 6.10 Å². The van der Waals surface area contributed by atoms with Crippen LogP contribution in [0.15, 0.2) is 48.5 Å². The highest BCUT2D eigenvalue weighted by atomic mass is 31.2. The fraction of sp³-hybridized carbons (Fsp3) is 0.429. The highest BCUT2D eigenvalue weighted by Gasteiger charge is 2.42. The number of hydrogen-bond donors (Lipinski definition) is 5. The van der Waals surface area contributed by atoms with Crippen molar-refractivity contribution >= 4 is 15.2 Å². The van der Waals surface area contributed by atoms with E-state index in [1.54, 1.807) is 6.92 Å². The zero-order valence-electron chi connectivity index (χ0n) is 17.7. The van der Waals surface area contributed by atoms with Gasteiger partial charge in [0.25, 0.3) is 0 Å². The van der Waals surface area contributed by atoms with Crippen LogP contribution in [0.3, 0.4) is 0 Å². The van der Waals surface area contributed by atoms with E-state index in [0.717, 1.165) is 28.7 Å². The molecule has 2 aromatic carbocycles. The molecule has 0 fully saturated rings. The lowest BCUT2D eigenvalue weighted by atomic mass is 10.0. The zero-order chi connectivity index (χ0) is 23.2. The highest BCUT2D eigenvalue weighted by molar-refractivity contribution is 7.70. The molecule has 0 radical (unpaired) electrons. The molecule has 0 saturated heterocycles. The summed E-state index contributed by atoms with van der Waals surface area (Å²) in [5.41, 5.74) is 4.26. The Morgan fingerprint density at radius 2 is 1.29 bits per heavy atom. The van der Waals surface area contributed by atoms with Gasteiger partial charge in [-0.25, -0.2) is 0 Å². The van der Waals surface area contributed by atoms with E-state index in [9.17, 15) is 33.8 Å². The number of benzene rings is 2. The SMILES string of the molecule is CC(O)c1ccc(Cc2ccc(CN(C)CCCC(P(=O)(O)O)P(=O)(O)O)cc2)cc1. The second kappa shape index (κ2) is 11.0. The van der Waals surface area contributed by atoms with Gasteiger partial charge >= 0.3 is 15.2 Å². The average molecular weight is 471 g/mol. The standard InChI is InChI=1S/C21H31NO7P2/c1-16(23)20-11-9-18(10-12-20)14-17-5-7-19(8-6-17)15-22(2)13-3-4-21(30(24,25)26)31(27,28)29/h5-12,16,21,23H,3-4,13-15H2,1-2H3,(H2,24,25,26)(H2,27,28,29). The number of aliphatic hydroxyl groups is 1. The van der Waals surface area contributed by atoms with Crippen LogP contribution in [0, 0.1) is 0 Å². The maximum Gasteiger partial charge on any atom is 0.340 e.